The molecule has 3 rings (SSSR count). The van der Waals surface area contributed by atoms with E-state index in [2.05, 4.69) is 4.98 Å². The molecule has 0 atom stereocenters. The van der Waals surface area contributed by atoms with Crippen LogP contribution in [-0.2, 0) is 16.2 Å². The van der Waals surface area contributed by atoms with Crippen LogP contribution >= 0.6 is 11.6 Å². The number of halogens is 4. The van der Waals surface area contributed by atoms with Gasteiger partial charge in [0.2, 0.25) is 10.0 Å². The van der Waals surface area contributed by atoms with Crippen molar-refractivity contribution in [2.75, 3.05) is 23.7 Å². The van der Waals surface area contributed by atoms with Gasteiger partial charge in [0.1, 0.15) is 12.4 Å². The quantitative estimate of drug-likeness (QED) is 0.783. The maximum absolute atomic E-state index is 12.7. The van der Waals surface area contributed by atoms with Gasteiger partial charge in [0.15, 0.2) is 0 Å². The van der Waals surface area contributed by atoms with Crippen LogP contribution in [0.1, 0.15) is 5.56 Å². The molecule has 134 valence electrons. The minimum Gasteiger partial charge on any atom is -0.489 e. The smallest absolute Gasteiger partial charge is 0.417 e. The number of rotatable bonds is 2. The summed E-state index contributed by atoms with van der Waals surface area (Å²) in [7, 11) is -3.52. The molecule has 5 nitrogen and oxygen atoms in total. The van der Waals surface area contributed by atoms with E-state index in [1.165, 1.54) is 16.4 Å². The second-order valence-corrected chi connectivity index (χ2v) is 7.73. The summed E-state index contributed by atoms with van der Waals surface area (Å²) in [5.74, 6) is 0.364. The van der Waals surface area contributed by atoms with Gasteiger partial charge in [-0.05, 0) is 24.3 Å². The normalized spacial score (nSPS) is 14.8. The Balaban J connectivity index is 2.08. The van der Waals surface area contributed by atoms with Crippen LogP contribution in [-0.4, -0.2) is 32.8 Å². The van der Waals surface area contributed by atoms with Crippen LogP contribution in [0.2, 0.25) is 5.02 Å². The predicted molar refractivity (Wildman–Crippen MR) is 87.4 cm³/mol. The molecule has 2 aromatic rings. The van der Waals surface area contributed by atoms with Crippen LogP contribution < -0.4 is 9.04 Å². The minimum absolute atomic E-state index is 0.122. The molecule has 10 heteroatoms. The lowest BCUT2D eigenvalue weighted by molar-refractivity contribution is -0.137. The Morgan fingerprint density at radius 2 is 2.00 bits per heavy atom. The molecule has 0 spiro atoms. The van der Waals surface area contributed by atoms with E-state index in [-0.39, 0.29) is 23.9 Å². The van der Waals surface area contributed by atoms with Gasteiger partial charge in [-0.3, -0.25) is 9.29 Å². The van der Waals surface area contributed by atoms with E-state index >= 15 is 0 Å². The Labute approximate surface area is 147 Å². The van der Waals surface area contributed by atoms with Crippen molar-refractivity contribution in [2.24, 2.45) is 0 Å². The van der Waals surface area contributed by atoms with Crippen LogP contribution in [0.3, 0.4) is 0 Å². The fraction of sp³-hybridized carbons (Fsp3) is 0.267. The summed E-state index contributed by atoms with van der Waals surface area (Å²) in [6, 6.07) is 5.37. The van der Waals surface area contributed by atoms with E-state index in [1.54, 1.807) is 6.07 Å². The maximum Gasteiger partial charge on any atom is 0.417 e. The molecule has 0 saturated heterocycles. The monoisotopic (exact) mass is 392 g/mol. The Morgan fingerprint density at radius 1 is 1.28 bits per heavy atom. The van der Waals surface area contributed by atoms with Crippen molar-refractivity contribution in [1.82, 2.24) is 4.98 Å². The predicted octanol–water partition coefficient (Wildman–Crippen LogP) is 3.58. The van der Waals surface area contributed by atoms with Gasteiger partial charge < -0.3 is 4.74 Å². The van der Waals surface area contributed by atoms with Gasteiger partial charge in [-0.1, -0.05) is 11.6 Å². The molecule has 0 saturated carbocycles. The summed E-state index contributed by atoms with van der Waals surface area (Å²) in [5.41, 5.74) is -0.155. The molecular formula is C15H12ClF3N2O3S. The number of ether oxygens (including phenoxy) is 1. The summed E-state index contributed by atoms with van der Waals surface area (Å²) in [6.45, 7) is 0.349. The Bertz CT molecular complexity index is 932. The van der Waals surface area contributed by atoms with Crippen molar-refractivity contribution in [3.63, 3.8) is 0 Å². The number of nitrogens with zero attached hydrogens (tertiary/aromatic N) is 2. The molecule has 0 aliphatic carbocycles. The first-order valence-corrected chi connectivity index (χ1v) is 9.27. The zero-order valence-electron chi connectivity index (χ0n) is 12.8. The standard InChI is InChI=1S/C15H12ClF3N2O3S/c1-25(22,23)21-4-5-24-13-3-2-9(6-12(13)21)14-11(16)7-10(8-20-14)15(17,18)19/h2-3,6-8H,4-5H2,1H3. The van der Waals surface area contributed by atoms with E-state index in [0.717, 1.165) is 12.3 Å². The number of alkyl halides is 3. The van der Waals surface area contributed by atoms with Gasteiger partial charge in [-0.15, -0.1) is 0 Å². The molecule has 0 radical (unpaired) electrons. The summed E-state index contributed by atoms with van der Waals surface area (Å²) in [5, 5.41) is -0.183. The van der Waals surface area contributed by atoms with Gasteiger partial charge >= 0.3 is 6.18 Å². The third-order valence-corrected chi connectivity index (χ3v) is 5.09. The molecule has 1 aromatic heterocycles. The van der Waals surface area contributed by atoms with Crippen LogP contribution in [0.25, 0.3) is 11.3 Å². The molecule has 0 fully saturated rings. The van der Waals surface area contributed by atoms with Crippen molar-refractivity contribution in [3.8, 4) is 17.0 Å². The fourth-order valence-corrected chi connectivity index (χ4v) is 3.67. The number of benzene rings is 1. The fourth-order valence-electron chi connectivity index (χ4n) is 2.49. The van der Waals surface area contributed by atoms with E-state index in [4.69, 9.17) is 16.3 Å². The van der Waals surface area contributed by atoms with E-state index in [1.807, 2.05) is 0 Å². The van der Waals surface area contributed by atoms with Crippen LogP contribution in [0.5, 0.6) is 5.75 Å². The van der Waals surface area contributed by atoms with Crippen molar-refractivity contribution < 1.29 is 26.3 Å². The van der Waals surface area contributed by atoms with E-state index in [0.29, 0.717) is 23.2 Å². The second kappa shape index (κ2) is 6.06. The largest absolute Gasteiger partial charge is 0.489 e. The topological polar surface area (TPSA) is 59.5 Å². The molecule has 0 bridgehead atoms. The maximum atomic E-state index is 12.7. The van der Waals surface area contributed by atoms with E-state index < -0.39 is 21.8 Å². The number of hydrogen-bond acceptors (Lipinski definition) is 4. The number of hydrogen-bond donors (Lipinski definition) is 0. The number of anilines is 1. The SMILES string of the molecule is CS(=O)(=O)N1CCOc2ccc(-c3ncc(C(F)(F)F)cc3Cl)cc21. The Kier molecular flexibility index (Phi) is 4.32. The number of pyridine rings is 1. The van der Waals surface area contributed by atoms with Crippen LogP contribution in [0.15, 0.2) is 30.5 Å². The zero-order chi connectivity index (χ0) is 18.4. The van der Waals surface area contributed by atoms with Crippen LogP contribution in [0.4, 0.5) is 18.9 Å². The molecule has 0 N–H and O–H groups in total. The first-order valence-electron chi connectivity index (χ1n) is 7.05. The lowest BCUT2D eigenvalue weighted by Crippen LogP contribution is -2.37. The number of sulfonamides is 1. The summed E-state index contributed by atoms with van der Waals surface area (Å²) >= 11 is 5.95. The first-order chi connectivity index (χ1) is 11.6. The summed E-state index contributed by atoms with van der Waals surface area (Å²) < 4.78 is 68.6. The van der Waals surface area contributed by atoms with Crippen LogP contribution in [0, 0.1) is 0 Å². The van der Waals surface area contributed by atoms with Gasteiger partial charge in [0.05, 0.1) is 34.8 Å². The lowest BCUT2D eigenvalue weighted by atomic mass is 10.1. The molecular weight excluding hydrogens is 381 g/mol. The third-order valence-electron chi connectivity index (χ3n) is 3.62. The minimum atomic E-state index is -4.55. The highest BCUT2D eigenvalue weighted by Crippen LogP contribution is 2.39. The van der Waals surface area contributed by atoms with Gasteiger partial charge in [-0.2, -0.15) is 13.2 Å². The average Bonchev–Trinajstić information content (AvgIpc) is 2.52. The molecule has 25 heavy (non-hydrogen) atoms. The third kappa shape index (κ3) is 3.52. The summed E-state index contributed by atoms with van der Waals surface area (Å²) in [4.78, 5) is 3.79. The molecule has 1 aromatic carbocycles. The number of fused-ring (bicyclic) bond motifs is 1. The van der Waals surface area contributed by atoms with Gasteiger partial charge in [-0.25, -0.2) is 8.42 Å². The zero-order valence-corrected chi connectivity index (χ0v) is 14.4. The molecule has 1 aliphatic heterocycles. The molecule has 2 heterocycles. The van der Waals surface area contributed by atoms with Crippen molar-refractivity contribution in [3.05, 3.63) is 41.0 Å². The highest BCUT2D eigenvalue weighted by molar-refractivity contribution is 7.92. The van der Waals surface area contributed by atoms with E-state index in [9.17, 15) is 21.6 Å². The number of aromatic nitrogens is 1. The lowest BCUT2D eigenvalue weighted by Gasteiger charge is -2.29. The second-order valence-electron chi connectivity index (χ2n) is 5.42. The Hall–Kier alpha value is -2.00. The average molecular weight is 393 g/mol. The van der Waals surface area contributed by atoms with Crippen molar-refractivity contribution >= 4 is 27.3 Å². The highest BCUT2D eigenvalue weighted by Gasteiger charge is 2.32. The van der Waals surface area contributed by atoms with Crippen molar-refractivity contribution in [2.45, 2.75) is 6.18 Å². The van der Waals surface area contributed by atoms with Crippen molar-refractivity contribution in [1.29, 1.82) is 0 Å². The molecule has 0 amide bonds. The highest BCUT2D eigenvalue weighted by atomic mass is 35.5. The first kappa shape index (κ1) is 17.8. The van der Waals surface area contributed by atoms with Gasteiger partial charge in [0, 0.05) is 11.8 Å². The Morgan fingerprint density at radius 3 is 2.60 bits per heavy atom. The molecule has 1 aliphatic rings. The van der Waals surface area contributed by atoms with Gasteiger partial charge in [0.25, 0.3) is 0 Å². The molecule has 0 unspecified atom stereocenters. The summed E-state index contributed by atoms with van der Waals surface area (Å²) in [6.07, 6.45) is -2.80.